The summed E-state index contributed by atoms with van der Waals surface area (Å²) in [5, 5.41) is 9.21. The van der Waals surface area contributed by atoms with Crippen LogP contribution >= 0.6 is 11.3 Å². The number of carbonyl (C=O) groups excluding carboxylic acids is 3. The van der Waals surface area contributed by atoms with Crippen molar-refractivity contribution in [3.63, 3.8) is 0 Å². The number of hydrogen-bond acceptors (Lipinski definition) is 7. The zero-order valence-corrected chi connectivity index (χ0v) is 26.3. The molecule has 1 fully saturated rings. The summed E-state index contributed by atoms with van der Waals surface area (Å²) in [5.74, 6) is -0.336. The van der Waals surface area contributed by atoms with Crippen molar-refractivity contribution in [2.45, 2.75) is 64.3 Å². The van der Waals surface area contributed by atoms with Gasteiger partial charge in [0.25, 0.3) is 0 Å². The Morgan fingerprint density at radius 1 is 0.886 bits per heavy atom. The van der Waals surface area contributed by atoms with E-state index in [4.69, 9.17) is 9.47 Å². The first-order chi connectivity index (χ1) is 21.4. The highest BCUT2D eigenvalue weighted by Gasteiger charge is 2.29. The zero-order valence-electron chi connectivity index (χ0n) is 25.4. The van der Waals surface area contributed by atoms with Gasteiger partial charge in [-0.15, -0.1) is 11.3 Å². The van der Waals surface area contributed by atoms with E-state index < -0.39 is 12.1 Å². The lowest BCUT2D eigenvalue weighted by Gasteiger charge is -2.31. The zero-order chi connectivity index (χ0) is 31.1. The Morgan fingerprint density at radius 3 is 2.02 bits per heavy atom. The van der Waals surface area contributed by atoms with Gasteiger partial charge in [-0.3, -0.25) is 9.78 Å². The Morgan fingerprint density at radius 2 is 1.48 bits per heavy atom. The van der Waals surface area contributed by atoms with Gasteiger partial charge < -0.3 is 30.3 Å². The van der Waals surface area contributed by atoms with E-state index in [2.05, 4.69) is 20.9 Å². The standard InChI is InChI=1S/C33H43N5O5S/c1-24(2)30(37-32(40)38-15-17-42-18-16-38)31(39)35-27(19-25-9-5-3-6-10-25)13-14-28(20-26-11-7-4-8-12-26)36-33(41)43-22-29-21-34-23-44-29/h3-12,21,23-24,27-28,30H,13-20,22H2,1-2H3,(H,35,39)(H,36,41)(H,37,40). The first kappa shape index (κ1) is 32.9. The van der Waals surface area contributed by atoms with E-state index in [0.29, 0.717) is 52.0 Å². The molecule has 2 heterocycles. The van der Waals surface area contributed by atoms with Crippen molar-refractivity contribution in [2.75, 3.05) is 26.3 Å². The molecule has 11 heteroatoms. The van der Waals surface area contributed by atoms with Gasteiger partial charge in [0.1, 0.15) is 12.6 Å². The smallest absolute Gasteiger partial charge is 0.407 e. The number of morpholine rings is 1. The first-order valence-electron chi connectivity index (χ1n) is 15.2. The third kappa shape index (κ3) is 10.9. The van der Waals surface area contributed by atoms with E-state index in [1.807, 2.05) is 74.5 Å². The summed E-state index contributed by atoms with van der Waals surface area (Å²) >= 11 is 1.43. The molecule has 0 radical (unpaired) electrons. The van der Waals surface area contributed by atoms with Crippen LogP contribution in [0.3, 0.4) is 0 Å². The summed E-state index contributed by atoms with van der Waals surface area (Å²) in [4.78, 5) is 45.9. The molecule has 0 bridgehead atoms. The summed E-state index contributed by atoms with van der Waals surface area (Å²) in [5.41, 5.74) is 3.89. The van der Waals surface area contributed by atoms with E-state index in [0.717, 1.165) is 16.0 Å². The highest BCUT2D eigenvalue weighted by atomic mass is 32.1. The maximum absolute atomic E-state index is 13.7. The van der Waals surface area contributed by atoms with Crippen LogP contribution < -0.4 is 16.0 Å². The predicted molar refractivity (Wildman–Crippen MR) is 170 cm³/mol. The molecule has 1 aliphatic heterocycles. The molecule has 0 saturated carbocycles. The van der Waals surface area contributed by atoms with Gasteiger partial charge in [0, 0.05) is 31.4 Å². The molecule has 4 rings (SSSR count). The second kappa shape index (κ2) is 17.4. The van der Waals surface area contributed by atoms with Crippen molar-refractivity contribution in [1.29, 1.82) is 0 Å². The van der Waals surface area contributed by atoms with Crippen LogP contribution in [0.4, 0.5) is 9.59 Å². The van der Waals surface area contributed by atoms with Gasteiger partial charge in [-0.2, -0.15) is 0 Å². The summed E-state index contributed by atoms with van der Waals surface area (Å²) in [7, 11) is 0. The number of urea groups is 1. The number of nitrogens with zero attached hydrogens (tertiary/aromatic N) is 2. The molecule has 2 aromatic carbocycles. The minimum Gasteiger partial charge on any atom is -0.444 e. The second-order valence-corrected chi connectivity index (χ2v) is 12.3. The molecule has 3 N–H and O–H groups in total. The van der Waals surface area contributed by atoms with Crippen LogP contribution in [0.25, 0.3) is 0 Å². The molecule has 0 aliphatic carbocycles. The number of nitrogens with one attached hydrogen (secondary N) is 3. The Hall–Kier alpha value is -3.96. The van der Waals surface area contributed by atoms with Crippen molar-refractivity contribution in [3.8, 4) is 0 Å². The van der Waals surface area contributed by atoms with Crippen LogP contribution in [0, 0.1) is 5.92 Å². The van der Waals surface area contributed by atoms with E-state index >= 15 is 0 Å². The maximum atomic E-state index is 13.7. The van der Waals surface area contributed by atoms with Gasteiger partial charge in [0.05, 0.1) is 23.6 Å². The number of ether oxygens (including phenoxy) is 2. The lowest BCUT2D eigenvalue weighted by atomic mass is 9.95. The predicted octanol–water partition coefficient (Wildman–Crippen LogP) is 4.55. The normalized spacial score (nSPS) is 15.2. The average molecular weight is 622 g/mol. The number of thiazole rings is 1. The monoisotopic (exact) mass is 621 g/mol. The van der Waals surface area contributed by atoms with Crippen LogP contribution in [0.1, 0.15) is 42.7 Å². The minimum atomic E-state index is -0.691. The quantitative estimate of drug-likeness (QED) is 0.243. The number of carbonyl (C=O) groups is 3. The van der Waals surface area contributed by atoms with Crippen LogP contribution in [0.15, 0.2) is 72.4 Å². The number of amides is 4. The summed E-state index contributed by atoms with van der Waals surface area (Å²) in [6.45, 7) is 5.98. The minimum absolute atomic E-state index is 0.113. The summed E-state index contributed by atoms with van der Waals surface area (Å²) in [6.07, 6.45) is 3.64. The van der Waals surface area contributed by atoms with E-state index in [-0.39, 0.29) is 36.5 Å². The van der Waals surface area contributed by atoms with Gasteiger partial charge >= 0.3 is 12.1 Å². The van der Waals surface area contributed by atoms with Crippen molar-refractivity contribution in [3.05, 3.63) is 88.4 Å². The lowest BCUT2D eigenvalue weighted by Crippen LogP contribution is -2.56. The fourth-order valence-corrected chi connectivity index (χ4v) is 5.63. The Balaban J connectivity index is 1.43. The van der Waals surface area contributed by atoms with E-state index in [1.54, 1.807) is 16.6 Å². The van der Waals surface area contributed by atoms with Crippen LogP contribution in [-0.2, 0) is 33.7 Å². The van der Waals surface area contributed by atoms with Crippen LogP contribution in [-0.4, -0.2) is 72.3 Å². The van der Waals surface area contributed by atoms with E-state index in [1.165, 1.54) is 11.3 Å². The van der Waals surface area contributed by atoms with Gasteiger partial charge in [0.15, 0.2) is 0 Å². The number of benzene rings is 2. The Bertz CT molecular complexity index is 1290. The fourth-order valence-electron chi connectivity index (χ4n) is 5.13. The molecular formula is C33H43N5O5S. The molecule has 3 aromatic rings. The van der Waals surface area contributed by atoms with Crippen molar-refractivity contribution >= 4 is 29.4 Å². The van der Waals surface area contributed by atoms with Crippen LogP contribution in [0.2, 0.25) is 0 Å². The van der Waals surface area contributed by atoms with Gasteiger partial charge in [0.2, 0.25) is 5.91 Å². The summed E-state index contributed by atoms with van der Waals surface area (Å²) < 4.78 is 10.8. The SMILES string of the molecule is CC(C)C(NC(=O)N1CCOCC1)C(=O)NC(CCC(Cc1ccccc1)NC(=O)OCc1cncs1)Cc1ccccc1. The highest BCUT2D eigenvalue weighted by Crippen LogP contribution is 2.15. The van der Waals surface area contributed by atoms with Crippen molar-refractivity contribution in [1.82, 2.24) is 25.8 Å². The Labute approximate surface area is 263 Å². The maximum Gasteiger partial charge on any atom is 0.407 e. The molecule has 236 valence electrons. The van der Waals surface area contributed by atoms with Gasteiger partial charge in [-0.1, -0.05) is 74.5 Å². The molecule has 1 aliphatic rings. The van der Waals surface area contributed by atoms with Crippen molar-refractivity contribution < 1.29 is 23.9 Å². The molecule has 4 amide bonds. The molecule has 1 saturated heterocycles. The van der Waals surface area contributed by atoms with Gasteiger partial charge in [-0.25, -0.2) is 9.59 Å². The fraction of sp³-hybridized carbons (Fsp3) is 0.455. The van der Waals surface area contributed by atoms with Crippen LogP contribution in [0.5, 0.6) is 0 Å². The van der Waals surface area contributed by atoms with E-state index in [9.17, 15) is 14.4 Å². The Kier molecular flexibility index (Phi) is 13.0. The summed E-state index contributed by atoms with van der Waals surface area (Å²) in [6, 6.07) is 18.6. The second-order valence-electron chi connectivity index (χ2n) is 11.3. The molecule has 0 spiro atoms. The van der Waals surface area contributed by atoms with Gasteiger partial charge in [-0.05, 0) is 42.7 Å². The molecular weight excluding hydrogens is 578 g/mol. The topological polar surface area (TPSA) is 122 Å². The third-order valence-corrected chi connectivity index (χ3v) is 8.29. The third-order valence-electron chi connectivity index (χ3n) is 7.54. The largest absolute Gasteiger partial charge is 0.444 e. The highest BCUT2D eigenvalue weighted by molar-refractivity contribution is 7.09. The molecule has 44 heavy (non-hydrogen) atoms. The molecule has 3 unspecified atom stereocenters. The molecule has 1 aromatic heterocycles. The molecule has 3 atom stereocenters. The first-order valence-corrected chi connectivity index (χ1v) is 16.1. The lowest BCUT2D eigenvalue weighted by molar-refractivity contribution is -0.124. The average Bonchev–Trinajstić information content (AvgIpc) is 3.56. The number of rotatable bonds is 14. The number of alkyl carbamates (subject to hydrolysis) is 1. The number of hydrogen-bond donors (Lipinski definition) is 3. The molecule has 10 nitrogen and oxygen atoms in total. The number of aromatic nitrogens is 1. The van der Waals surface area contributed by atoms with Crippen molar-refractivity contribution in [2.24, 2.45) is 5.92 Å².